The first-order valence-electron chi connectivity index (χ1n) is 8.01. The Hall–Kier alpha value is -2.98. The van der Waals surface area contributed by atoms with Crippen molar-refractivity contribution in [1.29, 1.82) is 0 Å². The number of thiophene rings is 1. The number of rotatable bonds is 6. The summed E-state index contributed by atoms with van der Waals surface area (Å²) in [5.74, 6) is -1.18. The lowest BCUT2D eigenvalue weighted by atomic mass is 10.2. The van der Waals surface area contributed by atoms with Crippen LogP contribution in [-0.4, -0.2) is 40.6 Å². The minimum atomic E-state index is -0.744. The van der Waals surface area contributed by atoms with E-state index in [0.29, 0.717) is 27.2 Å². The fraction of sp³-hybridized carbons (Fsp3) is 0.167. The van der Waals surface area contributed by atoms with Crippen molar-refractivity contribution in [2.24, 2.45) is 0 Å². The third kappa shape index (κ3) is 4.46. The summed E-state index contributed by atoms with van der Waals surface area (Å²) in [6.07, 6.45) is 3.27. The van der Waals surface area contributed by atoms with Crippen molar-refractivity contribution >= 4 is 40.9 Å². The van der Waals surface area contributed by atoms with Gasteiger partial charge in [0.2, 0.25) is 0 Å². The Labute approximate surface area is 168 Å². The number of carbonyl (C=O) groups is 3. The van der Waals surface area contributed by atoms with Crippen molar-refractivity contribution in [3.63, 3.8) is 0 Å². The summed E-state index contributed by atoms with van der Waals surface area (Å²) in [4.78, 5) is 45.2. The van der Waals surface area contributed by atoms with Gasteiger partial charge in [0.15, 0.2) is 18.2 Å². The quantitative estimate of drug-likeness (QED) is 0.370. The molecule has 3 rings (SSSR count). The Morgan fingerprint density at radius 1 is 1.25 bits per heavy atom. The van der Waals surface area contributed by atoms with Gasteiger partial charge in [0.25, 0.3) is 11.8 Å². The highest BCUT2D eigenvalue weighted by Crippen LogP contribution is 2.25. The molecule has 3 aromatic heterocycles. The van der Waals surface area contributed by atoms with Gasteiger partial charge < -0.3 is 9.15 Å². The Bertz CT molecular complexity index is 1000. The van der Waals surface area contributed by atoms with Crippen LogP contribution in [0.25, 0.3) is 11.6 Å². The molecule has 0 saturated heterocycles. The van der Waals surface area contributed by atoms with E-state index in [1.165, 1.54) is 29.4 Å². The Kier molecular flexibility index (Phi) is 6.22. The lowest BCUT2D eigenvalue weighted by Crippen LogP contribution is -2.33. The summed E-state index contributed by atoms with van der Waals surface area (Å²) < 4.78 is 10.3. The number of thioether (sulfide) groups is 1. The van der Waals surface area contributed by atoms with Gasteiger partial charge in [-0.1, -0.05) is 6.07 Å². The fourth-order valence-electron chi connectivity index (χ4n) is 2.28. The number of esters is 1. The monoisotopic (exact) mass is 417 g/mol. The molecular formula is C18H15N3O5S2. The molecule has 10 heteroatoms. The summed E-state index contributed by atoms with van der Waals surface area (Å²) >= 11 is 2.45. The molecule has 0 radical (unpaired) electrons. The first-order chi connectivity index (χ1) is 13.5. The van der Waals surface area contributed by atoms with Gasteiger partial charge in [-0.2, -0.15) is 0 Å². The molecule has 3 heterocycles. The van der Waals surface area contributed by atoms with Gasteiger partial charge in [0.05, 0.1) is 16.8 Å². The molecule has 144 valence electrons. The molecule has 0 unspecified atom stereocenters. The van der Waals surface area contributed by atoms with E-state index in [0.717, 1.165) is 0 Å². The second-order valence-corrected chi connectivity index (χ2v) is 7.17. The van der Waals surface area contributed by atoms with Crippen LogP contribution in [0.3, 0.4) is 0 Å². The van der Waals surface area contributed by atoms with E-state index in [4.69, 9.17) is 9.15 Å². The van der Waals surface area contributed by atoms with Crippen LogP contribution >= 0.6 is 23.1 Å². The van der Waals surface area contributed by atoms with E-state index in [9.17, 15) is 14.4 Å². The third-order valence-corrected chi connectivity index (χ3v) is 5.08. The third-order valence-electron chi connectivity index (χ3n) is 3.53. The van der Waals surface area contributed by atoms with Gasteiger partial charge in [0, 0.05) is 0 Å². The number of aromatic nitrogens is 2. The van der Waals surface area contributed by atoms with Crippen molar-refractivity contribution in [3.05, 3.63) is 52.0 Å². The molecule has 3 aromatic rings. The number of nitrogens with one attached hydrogen (secondary N) is 1. The van der Waals surface area contributed by atoms with E-state index in [1.54, 1.807) is 42.8 Å². The second-order valence-electron chi connectivity index (χ2n) is 5.42. The number of ether oxygens (including phenoxy) is 1. The van der Waals surface area contributed by atoms with E-state index < -0.39 is 24.4 Å². The smallest absolute Gasteiger partial charge is 0.343 e. The van der Waals surface area contributed by atoms with Crippen LogP contribution in [0.15, 0.2) is 45.4 Å². The van der Waals surface area contributed by atoms with Crippen LogP contribution in [0.2, 0.25) is 0 Å². The Morgan fingerprint density at radius 3 is 2.71 bits per heavy atom. The highest BCUT2D eigenvalue weighted by atomic mass is 32.2. The SMILES string of the molecule is CSc1nc(-c2ccco2)nc(C)c1C(=O)OCC(=O)NC(=O)c1cccs1. The zero-order valence-electron chi connectivity index (χ0n) is 14.9. The van der Waals surface area contributed by atoms with Crippen LogP contribution in [0.4, 0.5) is 0 Å². The molecule has 0 aliphatic carbocycles. The highest BCUT2D eigenvalue weighted by Gasteiger charge is 2.22. The van der Waals surface area contributed by atoms with Crippen molar-refractivity contribution in [3.8, 4) is 11.6 Å². The number of nitrogens with zero attached hydrogens (tertiary/aromatic N) is 2. The topological polar surface area (TPSA) is 111 Å². The minimum Gasteiger partial charge on any atom is -0.461 e. The lowest BCUT2D eigenvalue weighted by Gasteiger charge is -2.11. The largest absolute Gasteiger partial charge is 0.461 e. The maximum Gasteiger partial charge on any atom is 0.343 e. The summed E-state index contributed by atoms with van der Waals surface area (Å²) in [6, 6.07) is 6.71. The molecule has 8 nitrogen and oxygen atoms in total. The number of aryl methyl sites for hydroxylation is 1. The van der Waals surface area contributed by atoms with Crippen molar-refractivity contribution in [2.45, 2.75) is 11.9 Å². The molecule has 0 aliphatic heterocycles. The molecular weight excluding hydrogens is 402 g/mol. The molecule has 28 heavy (non-hydrogen) atoms. The van der Waals surface area contributed by atoms with Crippen LogP contribution in [-0.2, 0) is 9.53 Å². The zero-order chi connectivity index (χ0) is 20.1. The van der Waals surface area contributed by atoms with Crippen molar-refractivity contribution in [2.75, 3.05) is 12.9 Å². The standard InChI is InChI=1S/C18H15N3O5S2/c1-10-14(17(27-2)21-15(19-10)11-5-3-7-25-11)18(24)26-9-13(22)20-16(23)12-6-4-8-28-12/h3-8H,9H2,1-2H3,(H,20,22,23). The normalized spacial score (nSPS) is 10.5. The highest BCUT2D eigenvalue weighted by molar-refractivity contribution is 7.98. The van der Waals surface area contributed by atoms with E-state index >= 15 is 0 Å². The first-order valence-corrected chi connectivity index (χ1v) is 10.1. The van der Waals surface area contributed by atoms with Gasteiger partial charge in [-0.05, 0) is 36.8 Å². The van der Waals surface area contributed by atoms with Crippen molar-refractivity contribution < 1.29 is 23.5 Å². The predicted molar refractivity (Wildman–Crippen MR) is 103 cm³/mol. The number of hydrogen-bond acceptors (Lipinski definition) is 9. The average molecular weight is 417 g/mol. The summed E-state index contributed by atoms with van der Waals surface area (Å²) in [7, 11) is 0. The molecule has 0 bridgehead atoms. The van der Waals surface area contributed by atoms with Crippen LogP contribution in [0, 0.1) is 6.92 Å². The van der Waals surface area contributed by atoms with Crippen LogP contribution in [0.1, 0.15) is 25.7 Å². The molecule has 2 amide bonds. The molecule has 1 N–H and O–H groups in total. The van der Waals surface area contributed by atoms with Gasteiger partial charge in [0.1, 0.15) is 10.6 Å². The summed E-state index contributed by atoms with van der Waals surface area (Å²) in [6.45, 7) is 1.05. The van der Waals surface area contributed by atoms with E-state index in [2.05, 4.69) is 15.3 Å². The fourth-order valence-corrected chi connectivity index (χ4v) is 3.51. The molecule has 0 spiro atoms. The average Bonchev–Trinajstić information content (AvgIpc) is 3.39. The number of furan rings is 1. The molecule has 0 fully saturated rings. The molecule has 0 atom stereocenters. The Morgan fingerprint density at radius 2 is 2.07 bits per heavy atom. The number of imide groups is 1. The molecule has 0 aromatic carbocycles. The summed E-state index contributed by atoms with van der Waals surface area (Å²) in [5, 5.41) is 4.29. The molecule has 0 aliphatic rings. The number of hydrogen-bond donors (Lipinski definition) is 1. The number of amides is 2. The van der Waals surface area contributed by atoms with E-state index in [1.807, 2.05) is 0 Å². The molecule has 0 saturated carbocycles. The Balaban J connectivity index is 1.68. The lowest BCUT2D eigenvalue weighted by molar-refractivity contribution is -0.123. The number of carbonyl (C=O) groups excluding carboxylic acids is 3. The van der Waals surface area contributed by atoms with Gasteiger partial charge in [-0.3, -0.25) is 14.9 Å². The predicted octanol–water partition coefficient (Wildman–Crippen LogP) is 2.94. The van der Waals surface area contributed by atoms with Crippen molar-refractivity contribution in [1.82, 2.24) is 15.3 Å². The maximum absolute atomic E-state index is 12.5. The maximum atomic E-state index is 12.5. The minimum absolute atomic E-state index is 0.167. The first kappa shape index (κ1) is 19.8. The van der Waals surface area contributed by atoms with Gasteiger partial charge >= 0.3 is 5.97 Å². The second kappa shape index (κ2) is 8.81. The van der Waals surface area contributed by atoms with Gasteiger partial charge in [-0.25, -0.2) is 14.8 Å². The van der Waals surface area contributed by atoms with Gasteiger partial charge in [-0.15, -0.1) is 23.1 Å². The zero-order valence-corrected chi connectivity index (χ0v) is 16.6. The van der Waals surface area contributed by atoms with Crippen LogP contribution in [0.5, 0.6) is 0 Å². The summed E-state index contributed by atoms with van der Waals surface area (Å²) in [5.41, 5.74) is 0.561. The van der Waals surface area contributed by atoms with Crippen LogP contribution < -0.4 is 5.32 Å². The van der Waals surface area contributed by atoms with E-state index in [-0.39, 0.29) is 5.56 Å².